The first-order valence-electron chi connectivity index (χ1n) is 8.13. The number of aliphatic carboxylic acids is 1. The quantitative estimate of drug-likeness (QED) is 0.935. The summed E-state index contributed by atoms with van der Waals surface area (Å²) >= 11 is 0. The summed E-state index contributed by atoms with van der Waals surface area (Å²) in [6.07, 6.45) is 1.52. The number of hydrogen-bond acceptors (Lipinski definition) is 3. The highest BCUT2D eigenvalue weighted by Crippen LogP contribution is 2.34. The van der Waals surface area contributed by atoms with Crippen molar-refractivity contribution in [2.24, 2.45) is 5.92 Å². The summed E-state index contributed by atoms with van der Waals surface area (Å²) in [5.41, 5.74) is 1.49. The molecule has 2 aromatic rings. The van der Waals surface area contributed by atoms with Gasteiger partial charge in [-0.2, -0.15) is 0 Å². The normalized spacial score (nSPS) is 20.5. The van der Waals surface area contributed by atoms with Crippen LogP contribution in [-0.2, 0) is 4.79 Å². The Morgan fingerprint density at radius 1 is 1.17 bits per heavy atom. The predicted molar refractivity (Wildman–Crippen MR) is 89.0 cm³/mol. The summed E-state index contributed by atoms with van der Waals surface area (Å²) in [5.74, 6) is -1.06. The van der Waals surface area contributed by atoms with Gasteiger partial charge in [0.05, 0.1) is 17.7 Å². The zero-order chi connectivity index (χ0) is 17.3. The Kier molecular flexibility index (Phi) is 4.42. The molecule has 1 N–H and O–H groups in total. The van der Waals surface area contributed by atoms with Crippen LogP contribution in [0.5, 0.6) is 0 Å². The van der Waals surface area contributed by atoms with Crippen LogP contribution in [-0.4, -0.2) is 35.0 Å². The third-order valence-corrected chi connectivity index (χ3v) is 4.60. The lowest BCUT2D eigenvalue weighted by molar-refractivity contribution is -0.141. The second-order valence-electron chi connectivity index (χ2n) is 6.53. The molecule has 5 nitrogen and oxygen atoms in total. The molecule has 2 heterocycles. The van der Waals surface area contributed by atoms with Crippen molar-refractivity contribution in [3.05, 3.63) is 59.5 Å². The van der Waals surface area contributed by atoms with Crippen molar-refractivity contribution >= 4 is 11.9 Å². The van der Waals surface area contributed by atoms with E-state index in [9.17, 15) is 14.7 Å². The minimum absolute atomic E-state index is 0.0988. The molecule has 1 aromatic carbocycles. The number of nitrogens with zero attached hydrogens (tertiary/aromatic N) is 1. The first-order valence-corrected chi connectivity index (χ1v) is 8.13. The Hall–Kier alpha value is -2.56. The van der Waals surface area contributed by atoms with E-state index in [1.54, 1.807) is 11.0 Å². The molecule has 1 fully saturated rings. The Morgan fingerprint density at radius 2 is 1.88 bits per heavy atom. The lowest BCUT2D eigenvalue weighted by Crippen LogP contribution is -2.30. The van der Waals surface area contributed by atoms with Crippen LogP contribution in [0.1, 0.15) is 47.4 Å². The van der Waals surface area contributed by atoms with Gasteiger partial charge in [-0.05, 0) is 11.6 Å². The molecule has 1 aromatic heterocycles. The fraction of sp³-hybridized carbons (Fsp3) is 0.368. The highest BCUT2D eigenvalue weighted by Gasteiger charge is 2.41. The van der Waals surface area contributed by atoms with Crippen molar-refractivity contribution in [1.29, 1.82) is 0 Å². The van der Waals surface area contributed by atoms with Gasteiger partial charge in [0.2, 0.25) is 0 Å². The van der Waals surface area contributed by atoms with E-state index in [0.29, 0.717) is 17.9 Å². The van der Waals surface area contributed by atoms with Crippen LogP contribution in [0.4, 0.5) is 0 Å². The first-order chi connectivity index (χ1) is 11.5. The lowest BCUT2D eigenvalue weighted by atomic mass is 9.89. The molecule has 0 saturated carbocycles. The van der Waals surface area contributed by atoms with Gasteiger partial charge in [-0.15, -0.1) is 0 Å². The van der Waals surface area contributed by atoms with E-state index in [2.05, 4.69) is 0 Å². The Bertz CT molecular complexity index is 735. The number of likely N-dealkylation sites (tertiary alicyclic amines) is 1. The van der Waals surface area contributed by atoms with Gasteiger partial charge in [0.15, 0.2) is 0 Å². The molecule has 1 amide bonds. The van der Waals surface area contributed by atoms with Gasteiger partial charge in [-0.3, -0.25) is 9.59 Å². The summed E-state index contributed by atoms with van der Waals surface area (Å²) in [5, 5.41) is 9.56. The summed E-state index contributed by atoms with van der Waals surface area (Å²) in [7, 11) is 0. The molecular weight excluding hydrogens is 306 g/mol. The smallest absolute Gasteiger partial charge is 0.308 e. The summed E-state index contributed by atoms with van der Waals surface area (Å²) in [6, 6.07) is 11.2. The number of carboxylic acid groups (broad SMARTS) is 1. The van der Waals surface area contributed by atoms with Crippen LogP contribution in [0.25, 0.3) is 0 Å². The van der Waals surface area contributed by atoms with Gasteiger partial charge >= 0.3 is 5.97 Å². The van der Waals surface area contributed by atoms with Crippen molar-refractivity contribution in [2.75, 3.05) is 13.1 Å². The van der Waals surface area contributed by atoms with Crippen LogP contribution in [0, 0.1) is 5.92 Å². The number of carboxylic acids is 1. The monoisotopic (exact) mass is 327 g/mol. The number of carbonyl (C=O) groups is 2. The topological polar surface area (TPSA) is 70.8 Å². The number of amides is 1. The Morgan fingerprint density at radius 3 is 2.50 bits per heavy atom. The number of rotatable bonds is 4. The van der Waals surface area contributed by atoms with Crippen LogP contribution in [0.2, 0.25) is 0 Å². The van der Waals surface area contributed by atoms with E-state index in [4.69, 9.17) is 4.42 Å². The molecule has 0 aliphatic carbocycles. The van der Waals surface area contributed by atoms with Crippen molar-refractivity contribution in [1.82, 2.24) is 4.90 Å². The molecule has 1 aliphatic heterocycles. The number of hydrogen-bond donors (Lipinski definition) is 1. The van der Waals surface area contributed by atoms with E-state index in [1.165, 1.54) is 6.26 Å². The molecule has 0 radical (unpaired) electrons. The molecule has 1 aliphatic rings. The van der Waals surface area contributed by atoms with Gasteiger partial charge in [0, 0.05) is 24.9 Å². The largest absolute Gasteiger partial charge is 0.481 e. The molecule has 24 heavy (non-hydrogen) atoms. The summed E-state index contributed by atoms with van der Waals surface area (Å²) in [4.78, 5) is 26.1. The van der Waals surface area contributed by atoms with Crippen molar-refractivity contribution in [3.8, 4) is 0 Å². The second kappa shape index (κ2) is 6.51. The van der Waals surface area contributed by atoms with Gasteiger partial charge in [0.25, 0.3) is 5.91 Å². The summed E-state index contributed by atoms with van der Waals surface area (Å²) < 4.78 is 5.43. The average Bonchev–Trinajstić information content (AvgIpc) is 3.22. The van der Waals surface area contributed by atoms with E-state index in [-0.39, 0.29) is 24.3 Å². The number of furan rings is 1. The fourth-order valence-electron chi connectivity index (χ4n) is 3.37. The second-order valence-corrected chi connectivity index (χ2v) is 6.53. The molecule has 3 rings (SSSR count). The van der Waals surface area contributed by atoms with Crippen molar-refractivity contribution < 1.29 is 19.1 Å². The maximum absolute atomic E-state index is 12.9. The molecule has 0 bridgehead atoms. The molecule has 0 spiro atoms. The molecule has 126 valence electrons. The zero-order valence-corrected chi connectivity index (χ0v) is 13.8. The minimum Gasteiger partial charge on any atom is -0.481 e. The molecular formula is C19H21NO4. The molecule has 2 atom stereocenters. The van der Waals surface area contributed by atoms with E-state index in [1.807, 2.05) is 44.2 Å². The minimum atomic E-state index is -0.865. The van der Waals surface area contributed by atoms with Gasteiger partial charge in [-0.25, -0.2) is 0 Å². The van der Waals surface area contributed by atoms with E-state index < -0.39 is 11.9 Å². The number of benzene rings is 1. The first kappa shape index (κ1) is 16.3. The lowest BCUT2D eigenvalue weighted by Gasteiger charge is -2.17. The maximum atomic E-state index is 12.9. The standard InChI is InChI=1S/C19H21NO4/c1-12(2)17-14(8-9-24-17)18(21)20-10-15(16(11-20)19(22)23)13-6-4-3-5-7-13/h3-9,12,15-16H,10-11H2,1-2H3,(H,22,23)/t15-,16-/m0/s1. The Labute approximate surface area is 140 Å². The highest BCUT2D eigenvalue weighted by atomic mass is 16.4. The third-order valence-electron chi connectivity index (χ3n) is 4.60. The van der Waals surface area contributed by atoms with Crippen molar-refractivity contribution in [2.45, 2.75) is 25.7 Å². The van der Waals surface area contributed by atoms with E-state index >= 15 is 0 Å². The molecule has 1 saturated heterocycles. The molecule has 5 heteroatoms. The van der Waals surface area contributed by atoms with Gasteiger partial charge in [-0.1, -0.05) is 44.2 Å². The van der Waals surface area contributed by atoms with Crippen LogP contribution >= 0.6 is 0 Å². The average molecular weight is 327 g/mol. The van der Waals surface area contributed by atoms with Crippen LogP contribution in [0.3, 0.4) is 0 Å². The van der Waals surface area contributed by atoms with Crippen LogP contribution in [0.15, 0.2) is 47.1 Å². The van der Waals surface area contributed by atoms with Crippen molar-refractivity contribution in [3.63, 3.8) is 0 Å². The fourth-order valence-corrected chi connectivity index (χ4v) is 3.37. The zero-order valence-electron chi connectivity index (χ0n) is 13.8. The van der Waals surface area contributed by atoms with Crippen LogP contribution < -0.4 is 0 Å². The maximum Gasteiger partial charge on any atom is 0.308 e. The SMILES string of the molecule is CC(C)c1occc1C(=O)N1C[C@H](C(=O)O)[C@H](c2ccccc2)C1. The summed E-state index contributed by atoms with van der Waals surface area (Å²) in [6.45, 7) is 4.55. The Balaban J connectivity index is 1.87. The van der Waals surface area contributed by atoms with E-state index in [0.717, 1.165) is 5.56 Å². The van der Waals surface area contributed by atoms with Gasteiger partial charge in [0.1, 0.15) is 5.76 Å². The highest BCUT2D eigenvalue weighted by molar-refractivity contribution is 5.96. The molecule has 0 unspecified atom stereocenters. The third kappa shape index (κ3) is 2.94. The number of carbonyl (C=O) groups excluding carboxylic acids is 1. The predicted octanol–water partition coefficient (Wildman–Crippen LogP) is 3.34. The van der Waals surface area contributed by atoms with Gasteiger partial charge < -0.3 is 14.4 Å².